The fourth-order valence-electron chi connectivity index (χ4n) is 3.39. The Morgan fingerprint density at radius 1 is 1.36 bits per heavy atom. The van der Waals surface area contributed by atoms with Gasteiger partial charge in [0.1, 0.15) is 0 Å². The van der Waals surface area contributed by atoms with Gasteiger partial charge in [-0.25, -0.2) is 0 Å². The number of likely N-dealkylation sites (N-methyl/N-ethyl adjacent to an activating group) is 1. The van der Waals surface area contributed by atoms with Crippen LogP contribution in [0.15, 0.2) is 34.9 Å². The average molecular weight is 341 g/mol. The number of benzene rings is 1. The van der Waals surface area contributed by atoms with Crippen LogP contribution in [-0.2, 0) is 16.6 Å². The predicted molar refractivity (Wildman–Crippen MR) is 98.6 cm³/mol. The lowest BCUT2D eigenvalue weighted by Gasteiger charge is -2.32. The van der Waals surface area contributed by atoms with Gasteiger partial charge in [0.15, 0.2) is 0 Å². The fourth-order valence-corrected chi connectivity index (χ4v) is 3.39. The van der Waals surface area contributed by atoms with E-state index in [2.05, 4.69) is 60.4 Å². The third-order valence-corrected chi connectivity index (χ3v) is 4.80. The third kappa shape index (κ3) is 4.10. The van der Waals surface area contributed by atoms with E-state index in [-0.39, 0.29) is 17.4 Å². The number of anilines is 1. The Hall–Kier alpha value is -2.14. The number of rotatable bonds is 4. The van der Waals surface area contributed by atoms with E-state index in [4.69, 9.17) is 4.52 Å². The molecule has 1 atom stereocenters. The van der Waals surface area contributed by atoms with Crippen LogP contribution in [0.1, 0.15) is 56.5 Å². The monoisotopic (exact) mass is 341 g/mol. The lowest BCUT2D eigenvalue weighted by molar-refractivity contribution is -0.117. The molecule has 2 aromatic rings. The van der Waals surface area contributed by atoms with Gasteiger partial charge in [0, 0.05) is 17.5 Å². The number of carbonyl (C=O) groups is 1. The normalized spacial score (nSPS) is 17.4. The number of hydrogen-bond acceptors (Lipinski definition) is 4. The van der Waals surface area contributed by atoms with Crippen molar-refractivity contribution >= 4 is 11.8 Å². The molecule has 0 radical (unpaired) electrons. The van der Waals surface area contributed by atoms with E-state index in [1.54, 1.807) is 6.07 Å². The van der Waals surface area contributed by atoms with Crippen LogP contribution in [0.4, 0.5) is 5.88 Å². The minimum atomic E-state index is -0.102. The van der Waals surface area contributed by atoms with E-state index < -0.39 is 0 Å². The molecule has 0 saturated heterocycles. The number of nitrogens with zero attached hydrogens (tertiary/aromatic N) is 2. The van der Waals surface area contributed by atoms with Crippen LogP contribution in [-0.4, -0.2) is 29.6 Å². The molecule has 1 aliphatic carbocycles. The topological polar surface area (TPSA) is 58.4 Å². The number of aryl methyl sites for hydroxylation is 1. The maximum atomic E-state index is 12.4. The van der Waals surface area contributed by atoms with Gasteiger partial charge in [-0.1, -0.05) is 50.2 Å². The number of hydrogen-bond donors (Lipinski definition) is 1. The quantitative estimate of drug-likeness (QED) is 0.916. The second kappa shape index (κ2) is 7.00. The largest absolute Gasteiger partial charge is 0.338 e. The van der Waals surface area contributed by atoms with E-state index in [1.807, 2.05) is 7.05 Å². The molecular weight excluding hydrogens is 314 g/mol. The Labute approximate surface area is 149 Å². The smallest absolute Gasteiger partial charge is 0.240 e. The maximum absolute atomic E-state index is 12.4. The van der Waals surface area contributed by atoms with Crippen LogP contribution in [0.3, 0.4) is 0 Å². The van der Waals surface area contributed by atoms with Gasteiger partial charge in [-0.2, -0.15) is 0 Å². The second-order valence-corrected chi connectivity index (χ2v) is 7.90. The van der Waals surface area contributed by atoms with Gasteiger partial charge in [-0.3, -0.25) is 15.0 Å². The molecule has 1 unspecified atom stereocenters. The summed E-state index contributed by atoms with van der Waals surface area (Å²) in [7, 11) is 2.01. The highest BCUT2D eigenvalue weighted by molar-refractivity contribution is 5.91. The molecule has 0 spiro atoms. The Bertz CT molecular complexity index is 745. The Balaban J connectivity index is 1.63. The standard InChI is InChI=1S/C20H27N3O2/c1-20(2,3)17-12-19(25-22-17)21-18(24)13-23(4)16-11-7-9-14-8-5-6-10-15(14)16/h5-6,8,10,12,16H,7,9,11,13H2,1-4H3,(H,21,24). The minimum absolute atomic E-state index is 0.0813. The molecule has 0 fully saturated rings. The van der Waals surface area contributed by atoms with Crippen LogP contribution >= 0.6 is 0 Å². The third-order valence-electron chi connectivity index (χ3n) is 4.80. The van der Waals surface area contributed by atoms with Gasteiger partial charge in [-0.05, 0) is 37.4 Å². The number of aromatic nitrogens is 1. The lowest BCUT2D eigenvalue weighted by atomic mass is 9.87. The summed E-state index contributed by atoms with van der Waals surface area (Å²) >= 11 is 0. The molecule has 5 nitrogen and oxygen atoms in total. The zero-order valence-corrected chi connectivity index (χ0v) is 15.5. The van der Waals surface area contributed by atoms with Crippen molar-refractivity contribution < 1.29 is 9.32 Å². The summed E-state index contributed by atoms with van der Waals surface area (Å²) in [6, 6.07) is 10.6. The zero-order valence-electron chi connectivity index (χ0n) is 15.5. The molecule has 0 aliphatic heterocycles. The van der Waals surface area contributed by atoms with Gasteiger partial charge >= 0.3 is 0 Å². The van der Waals surface area contributed by atoms with Crippen molar-refractivity contribution in [2.75, 3.05) is 18.9 Å². The summed E-state index contributed by atoms with van der Waals surface area (Å²) < 4.78 is 5.24. The summed E-state index contributed by atoms with van der Waals surface area (Å²) in [5.74, 6) is 0.328. The van der Waals surface area contributed by atoms with Crippen LogP contribution in [0.2, 0.25) is 0 Å². The molecule has 0 saturated carbocycles. The van der Waals surface area contributed by atoms with Gasteiger partial charge in [0.2, 0.25) is 11.8 Å². The van der Waals surface area contributed by atoms with Gasteiger partial charge < -0.3 is 4.52 Å². The summed E-state index contributed by atoms with van der Waals surface area (Å²) in [4.78, 5) is 14.5. The van der Waals surface area contributed by atoms with E-state index in [0.717, 1.165) is 25.0 Å². The molecule has 3 rings (SSSR count). The molecule has 1 aromatic heterocycles. The molecule has 25 heavy (non-hydrogen) atoms. The molecule has 0 bridgehead atoms. The SMILES string of the molecule is CN(CC(=O)Nc1cc(C(C)(C)C)no1)C1CCCc2ccccc21. The van der Waals surface area contributed by atoms with Crippen LogP contribution in [0.5, 0.6) is 0 Å². The highest BCUT2D eigenvalue weighted by Crippen LogP contribution is 2.33. The van der Waals surface area contributed by atoms with Crippen molar-refractivity contribution in [3.8, 4) is 0 Å². The fraction of sp³-hybridized carbons (Fsp3) is 0.500. The number of nitrogens with one attached hydrogen (secondary N) is 1. The van der Waals surface area contributed by atoms with Gasteiger partial charge in [0.05, 0.1) is 12.2 Å². The van der Waals surface area contributed by atoms with E-state index in [1.165, 1.54) is 11.1 Å². The van der Waals surface area contributed by atoms with Crippen LogP contribution < -0.4 is 5.32 Å². The Morgan fingerprint density at radius 3 is 2.84 bits per heavy atom. The van der Waals surface area contributed by atoms with E-state index >= 15 is 0 Å². The maximum Gasteiger partial charge on any atom is 0.240 e. The molecule has 1 amide bonds. The molecule has 1 N–H and O–H groups in total. The van der Waals surface area contributed by atoms with Crippen molar-refractivity contribution in [2.24, 2.45) is 0 Å². The predicted octanol–water partition coefficient (Wildman–Crippen LogP) is 3.92. The zero-order chi connectivity index (χ0) is 18.0. The first kappa shape index (κ1) is 17.7. The summed E-state index contributed by atoms with van der Waals surface area (Å²) in [5, 5.41) is 6.85. The van der Waals surface area contributed by atoms with Crippen molar-refractivity contribution in [1.82, 2.24) is 10.1 Å². The summed E-state index contributed by atoms with van der Waals surface area (Å²) in [6.45, 7) is 6.50. The Morgan fingerprint density at radius 2 is 2.12 bits per heavy atom. The van der Waals surface area contributed by atoms with Crippen LogP contribution in [0.25, 0.3) is 0 Å². The van der Waals surface area contributed by atoms with Gasteiger partial charge in [-0.15, -0.1) is 0 Å². The van der Waals surface area contributed by atoms with Crippen LogP contribution in [0, 0.1) is 0 Å². The van der Waals surface area contributed by atoms with Gasteiger partial charge in [0.25, 0.3) is 0 Å². The highest BCUT2D eigenvalue weighted by Gasteiger charge is 2.25. The number of amides is 1. The molecule has 1 aliphatic rings. The second-order valence-electron chi connectivity index (χ2n) is 7.90. The first-order valence-corrected chi connectivity index (χ1v) is 8.89. The lowest BCUT2D eigenvalue weighted by Crippen LogP contribution is -2.34. The first-order valence-electron chi connectivity index (χ1n) is 8.89. The van der Waals surface area contributed by atoms with E-state index in [0.29, 0.717) is 12.4 Å². The molecular formula is C20H27N3O2. The number of fused-ring (bicyclic) bond motifs is 1. The van der Waals surface area contributed by atoms with Crippen molar-refractivity contribution in [3.05, 3.63) is 47.2 Å². The van der Waals surface area contributed by atoms with Crippen molar-refractivity contribution in [1.29, 1.82) is 0 Å². The highest BCUT2D eigenvalue weighted by atomic mass is 16.5. The molecule has 1 heterocycles. The van der Waals surface area contributed by atoms with Crippen molar-refractivity contribution in [2.45, 2.75) is 51.5 Å². The minimum Gasteiger partial charge on any atom is -0.338 e. The summed E-state index contributed by atoms with van der Waals surface area (Å²) in [5.41, 5.74) is 3.47. The number of carbonyl (C=O) groups excluding carboxylic acids is 1. The molecule has 1 aromatic carbocycles. The van der Waals surface area contributed by atoms with Crippen molar-refractivity contribution in [3.63, 3.8) is 0 Å². The molecule has 134 valence electrons. The molecule has 5 heteroatoms. The summed E-state index contributed by atoms with van der Waals surface area (Å²) in [6.07, 6.45) is 3.36. The average Bonchev–Trinajstić information content (AvgIpc) is 3.02. The van der Waals surface area contributed by atoms with E-state index in [9.17, 15) is 4.79 Å². The Kier molecular flexibility index (Phi) is 4.95. The first-order chi connectivity index (χ1) is 11.8.